The Morgan fingerprint density at radius 1 is 1.08 bits per heavy atom. The van der Waals surface area contributed by atoms with Crippen LogP contribution in [0.1, 0.15) is 34.5 Å². The highest BCUT2D eigenvalue weighted by atomic mass is 16.6. The minimum atomic E-state index is -0.814. The Hall–Kier alpha value is -4.66. The number of hydrogen-bond donors (Lipinski definition) is 3. The average molecular weight is 484 g/mol. The smallest absolute Gasteiger partial charge is 0.245 e. The first-order valence-electron chi connectivity index (χ1n) is 11.5. The average Bonchev–Trinajstić information content (AvgIpc) is 3.45. The van der Waals surface area contributed by atoms with Gasteiger partial charge in [0.05, 0.1) is 16.8 Å². The van der Waals surface area contributed by atoms with Gasteiger partial charge in [-0.2, -0.15) is 10.2 Å². The maximum absolute atomic E-state index is 11.7. The van der Waals surface area contributed by atoms with Gasteiger partial charge in [0.15, 0.2) is 0 Å². The zero-order chi connectivity index (χ0) is 25.4. The number of allylic oxidation sites excluding steroid dienone is 4. The van der Waals surface area contributed by atoms with Crippen LogP contribution in [0.3, 0.4) is 0 Å². The van der Waals surface area contributed by atoms with E-state index < -0.39 is 5.41 Å². The van der Waals surface area contributed by atoms with E-state index in [9.17, 15) is 20.3 Å². The van der Waals surface area contributed by atoms with Gasteiger partial charge < -0.3 is 10.2 Å². The summed E-state index contributed by atoms with van der Waals surface area (Å²) in [5.74, 6) is 0.322. The summed E-state index contributed by atoms with van der Waals surface area (Å²) in [7, 11) is 1.72. The van der Waals surface area contributed by atoms with Crippen molar-refractivity contribution in [3.05, 3.63) is 111 Å². The first-order chi connectivity index (χ1) is 17.3. The van der Waals surface area contributed by atoms with E-state index in [-0.39, 0.29) is 23.0 Å². The van der Waals surface area contributed by atoms with Crippen molar-refractivity contribution >= 4 is 5.57 Å². The highest BCUT2D eigenvalue weighted by Gasteiger charge is 2.42. The maximum atomic E-state index is 11.7. The largest absolute Gasteiger partial charge is 0.508 e. The van der Waals surface area contributed by atoms with E-state index in [0.717, 1.165) is 27.8 Å². The summed E-state index contributed by atoms with van der Waals surface area (Å²) in [5.41, 5.74) is 5.31. The van der Waals surface area contributed by atoms with Crippen LogP contribution in [0.15, 0.2) is 73.0 Å². The molecule has 9 heteroatoms. The molecule has 36 heavy (non-hydrogen) atoms. The molecule has 1 aliphatic carbocycles. The summed E-state index contributed by atoms with van der Waals surface area (Å²) in [6.07, 6.45) is 8.55. The summed E-state index contributed by atoms with van der Waals surface area (Å²) in [6, 6.07) is 13.7. The zero-order valence-electron chi connectivity index (χ0n) is 19.8. The molecule has 0 radical (unpaired) electrons. The fourth-order valence-electron chi connectivity index (χ4n) is 5.13. The molecule has 3 N–H and O–H groups in total. The Labute approximate surface area is 207 Å². The molecule has 0 fully saturated rings. The monoisotopic (exact) mass is 483 g/mol. The van der Waals surface area contributed by atoms with Crippen LogP contribution in [0.2, 0.25) is 0 Å². The Balaban J connectivity index is 1.80. The number of nitrogens with zero attached hydrogens (tertiary/aromatic N) is 4. The summed E-state index contributed by atoms with van der Waals surface area (Å²) >= 11 is 0. The Kier molecular flexibility index (Phi) is 5.68. The highest BCUT2D eigenvalue weighted by Crippen LogP contribution is 2.48. The second kappa shape index (κ2) is 8.84. The normalized spacial score (nSPS) is 17.2. The number of hydrogen-bond acceptors (Lipinski definition) is 6. The molecule has 0 saturated carbocycles. The fourth-order valence-corrected chi connectivity index (χ4v) is 5.13. The van der Waals surface area contributed by atoms with Gasteiger partial charge >= 0.3 is 0 Å². The lowest BCUT2D eigenvalue weighted by Gasteiger charge is -2.34. The Morgan fingerprint density at radius 2 is 1.72 bits per heavy atom. The van der Waals surface area contributed by atoms with E-state index in [1.165, 1.54) is 0 Å². The standard InChI is InChI=1S/C27H25N5O4/c1-17-25(24(16-32(35)36)31(2)30-17)27(13-3-4-20(14-27)18-5-9-21(33)10-6-18)23-15-28-29-26(23)19-7-11-22(34)12-8-19/h3-12,14-15,33-34H,13,16H2,1-2H3,(H,28,29). The molecule has 5 rings (SSSR count). The number of phenolic OH excluding ortho intramolecular Hbond substituents is 2. The van der Waals surface area contributed by atoms with E-state index in [1.807, 2.05) is 31.3 Å². The van der Waals surface area contributed by atoms with E-state index in [0.29, 0.717) is 23.5 Å². The molecule has 182 valence electrons. The molecule has 2 heterocycles. The molecule has 0 aliphatic heterocycles. The molecule has 2 aromatic carbocycles. The van der Waals surface area contributed by atoms with Crippen LogP contribution in [-0.4, -0.2) is 35.1 Å². The first-order valence-corrected chi connectivity index (χ1v) is 11.5. The van der Waals surface area contributed by atoms with Gasteiger partial charge in [-0.3, -0.25) is 19.9 Å². The molecular formula is C27H25N5O4. The molecule has 0 saturated heterocycles. The van der Waals surface area contributed by atoms with Crippen LogP contribution in [0, 0.1) is 17.0 Å². The van der Waals surface area contributed by atoms with Gasteiger partial charge in [0.1, 0.15) is 17.2 Å². The molecule has 2 aromatic heterocycles. The number of rotatable bonds is 6. The first kappa shape index (κ1) is 23.1. The number of aromatic hydroxyl groups is 2. The van der Waals surface area contributed by atoms with Crippen molar-refractivity contribution in [1.29, 1.82) is 0 Å². The molecular weight excluding hydrogens is 458 g/mol. The van der Waals surface area contributed by atoms with Gasteiger partial charge in [-0.25, -0.2) is 0 Å². The van der Waals surface area contributed by atoms with Crippen LogP contribution in [-0.2, 0) is 19.0 Å². The summed E-state index contributed by atoms with van der Waals surface area (Å²) in [4.78, 5) is 11.3. The zero-order valence-corrected chi connectivity index (χ0v) is 19.8. The number of phenols is 2. The van der Waals surface area contributed by atoms with E-state index in [4.69, 9.17) is 0 Å². The Bertz CT molecular complexity index is 1500. The van der Waals surface area contributed by atoms with Crippen LogP contribution in [0.4, 0.5) is 0 Å². The van der Waals surface area contributed by atoms with E-state index in [2.05, 4.69) is 27.4 Å². The minimum absolute atomic E-state index is 0.150. The third-order valence-electron chi connectivity index (χ3n) is 6.67. The van der Waals surface area contributed by atoms with Crippen molar-refractivity contribution in [1.82, 2.24) is 20.0 Å². The van der Waals surface area contributed by atoms with Crippen LogP contribution in [0.25, 0.3) is 16.8 Å². The van der Waals surface area contributed by atoms with Gasteiger partial charge in [-0.05, 0) is 60.9 Å². The Morgan fingerprint density at radius 3 is 2.36 bits per heavy atom. The van der Waals surface area contributed by atoms with E-state index >= 15 is 0 Å². The summed E-state index contributed by atoms with van der Waals surface area (Å²) in [6.45, 7) is 1.50. The topological polar surface area (TPSA) is 130 Å². The highest BCUT2D eigenvalue weighted by molar-refractivity contribution is 5.80. The second-order valence-corrected chi connectivity index (χ2v) is 8.94. The molecule has 1 atom stereocenters. The van der Waals surface area contributed by atoms with Crippen molar-refractivity contribution in [2.24, 2.45) is 7.05 Å². The second-order valence-electron chi connectivity index (χ2n) is 8.94. The van der Waals surface area contributed by atoms with Crippen LogP contribution >= 0.6 is 0 Å². The molecule has 1 unspecified atom stereocenters. The third kappa shape index (κ3) is 3.94. The van der Waals surface area contributed by atoms with Crippen molar-refractivity contribution in [3.8, 4) is 22.8 Å². The number of aryl methyl sites for hydroxylation is 2. The van der Waals surface area contributed by atoms with Gasteiger partial charge in [0.25, 0.3) is 0 Å². The molecule has 0 amide bonds. The van der Waals surface area contributed by atoms with Gasteiger partial charge in [0, 0.05) is 34.9 Å². The van der Waals surface area contributed by atoms with Gasteiger partial charge in [-0.1, -0.05) is 30.4 Å². The SMILES string of the molecule is Cc1nn(C)c(C[N+](=O)[O-])c1C1(c2c[nH]nc2-c2ccc(O)cc2)C=C(c2ccc(O)cc2)C=CC1. The molecule has 0 bridgehead atoms. The number of aromatic nitrogens is 4. The molecule has 9 nitrogen and oxygen atoms in total. The molecule has 4 aromatic rings. The third-order valence-corrected chi connectivity index (χ3v) is 6.67. The lowest BCUT2D eigenvalue weighted by atomic mass is 9.67. The lowest BCUT2D eigenvalue weighted by molar-refractivity contribution is -0.498. The number of H-pyrrole nitrogens is 1. The predicted molar refractivity (Wildman–Crippen MR) is 135 cm³/mol. The van der Waals surface area contributed by atoms with E-state index in [1.54, 1.807) is 48.1 Å². The van der Waals surface area contributed by atoms with Crippen molar-refractivity contribution in [2.45, 2.75) is 25.3 Å². The minimum Gasteiger partial charge on any atom is -0.508 e. The van der Waals surface area contributed by atoms with Gasteiger partial charge in [-0.15, -0.1) is 0 Å². The molecule has 1 aliphatic rings. The maximum Gasteiger partial charge on any atom is 0.245 e. The van der Waals surface area contributed by atoms with Crippen molar-refractivity contribution in [3.63, 3.8) is 0 Å². The quantitative estimate of drug-likeness (QED) is 0.271. The van der Waals surface area contributed by atoms with Crippen LogP contribution < -0.4 is 0 Å². The number of aromatic amines is 1. The number of nitrogens with one attached hydrogen (secondary N) is 1. The van der Waals surface area contributed by atoms with Crippen molar-refractivity contribution in [2.75, 3.05) is 0 Å². The van der Waals surface area contributed by atoms with Crippen molar-refractivity contribution < 1.29 is 15.1 Å². The number of benzene rings is 2. The molecule has 0 spiro atoms. The summed E-state index contributed by atoms with van der Waals surface area (Å²) < 4.78 is 1.59. The summed E-state index contributed by atoms with van der Waals surface area (Å²) in [5, 5.41) is 43.4. The number of nitro groups is 1. The van der Waals surface area contributed by atoms with Crippen LogP contribution in [0.5, 0.6) is 11.5 Å². The van der Waals surface area contributed by atoms with Gasteiger partial charge in [0.2, 0.25) is 6.54 Å². The lowest BCUT2D eigenvalue weighted by Crippen LogP contribution is -2.29. The predicted octanol–water partition coefficient (Wildman–Crippen LogP) is 4.64. The fraction of sp³-hybridized carbons (Fsp3) is 0.185.